The molecule has 78 valence electrons. The molecule has 0 fully saturated rings. The first kappa shape index (κ1) is 11.0. The highest BCUT2D eigenvalue weighted by Gasteiger charge is 2.06. The molecule has 1 atom stereocenters. The van der Waals surface area contributed by atoms with E-state index < -0.39 is 11.4 Å². The van der Waals surface area contributed by atoms with Gasteiger partial charge in [-0.05, 0) is 13.1 Å². The van der Waals surface area contributed by atoms with Gasteiger partial charge in [0.2, 0.25) is 0 Å². The van der Waals surface area contributed by atoms with Gasteiger partial charge in [0.15, 0.2) is 0 Å². The Morgan fingerprint density at radius 3 is 2.93 bits per heavy atom. The van der Waals surface area contributed by atoms with Gasteiger partial charge < -0.3 is 15.2 Å². The minimum Gasteiger partial charge on any atom is -0.399 e. The lowest BCUT2D eigenvalue weighted by atomic mass is 10.2. The summed E-state index contributed by atoms with van der Waals surface area (Å²) in [5.41, 5.74) is 6.79. The van der Waals surface area contributed by atoms with Gasteiger partial charge in [0.1, 0.15) is 5.75 Å². The van der Waals surface area contributed by atoms with Crippen LogP contribution < -0.4 is 15.2 Å². The second-order valence-electron chi connectivity index (χ2n) is 2.70. The SMILES string of the molecule is CNCc1ccc(N)cc1OS(=O)O. The Morgan fingerprint density at radius 1 is 1.64 bits per heavy atom. The van der Waals surface area contributed by atoms with Crippen molar-refractivity contribution in [2.45, 2.75) is 6.54 Å². The first-order valence-electron chi connectivity index (χ1n) is 3.95. The van der Waals surface area contributed by atoms with Gasteiger partial charge in [-0.3, -0.25) is 4.55 Å². The Bertz CT molecular complexity index is 343. The van der Waals surface area contributed by atoms with Crippen molar-refractivity contribution in [1.82, 2.24) is 5.32 Å². The van der Waals surface area contributed by atoms with Crippen molar-refractivity contribution in [3.05, 3.63) is 23.8 Å². The fraction of sp³-hybridized carbons (Fsp3) is 0.250. The van der Waals surface area contributed by atoms with Crippen LogP contribution in [0.3, 0.4) is 0 Å². The maximum atomic E-state index is 10.5. The number of nitrogen functional groups attached to an aromatic ring is 1. The van der Waals surface area contributed by atoms with Crippen LogP contribution in [0.1, 0.15) is 5.56 Å². The van der Waals surface area contributed by atoms with Crippen molar-refractivity contribution in [2.75, 3.05) is 12.8 Å². The number of nitrogens with one attached hydrogen (secondary N) is 1. The first-order valence-corrected chi connectivity index (χ1v) is 4.99. The Balaban J connectivity index is 2.96. The van der Waals surface area contributed by atoms with Gasteiger partial charge in [-0.25, -0.2) is 0 Å². The summed E-state index contributed by atoms with van der Waals surface area (Å²) >= 11 is -2.32. The summed E-state index contributed by atoms with van der Waals surface area (Å²) in [5, 5.41) is 2.92. The van der Waals surface area contributed by atoms with E-state index in [-0.39, 0.29) is 0 Å². The van der Waals surface area contributed by atoms with Gasteiger partial charge >= 0.3 is 11.4 Å². The van der Waals surface area contributed by atoms with Crippen molar-refractivity contribution >= 4 is 17.0 Å². The molecule has 1 aromatic rings. The highest BCUT2D eigenvalue weighted by atomic mass is 32.2. The average Bonchev–Trinajstić information content (AvgIpc) is 2.09. The summed E-state index contributed by atoms with van der Waals surface area (Å²) in [6.45, 7) is 0.548. The topological polar surface area (TPSA) is 84.6 Å². The van der Waals surface area contributed by atoms with E-state index in [0.29, 0.717) is 18.0 Å². The summed E-state index contributed by atoms with van der Waals surface area (Å²) in [4.78, 5) is 0. The number of benzene rings is 1. The van der Waals surface area contributed by atoms with Crippen molar-refractivity contribution in [3.63, 3.8) is 0 Å². The van der Waals surface area contributed by atoms with Crippen LogP contribution in [0.2, 0.25) is 0 Å². The molecular formula is C8H12N2O3S. The van der Waals surface area contributed by atoms with Crippen LogP contribution in [0, 0.1) is 0 Å². The monoisotopic (exact) mass is 216 g/mol. The summed E-state index contributed by atoms with van der Waals surface area (Å²) < 4.78 is 23.7. The van der Waals surface area contributed by atoms with Crippen molar-refractivity contribution in [2.24, 2.45) is 0 Å². The van der Waals surface area contributed by atoms with Crippen LogP contribution in [-0.4, -0.2) is 15.8 Å². The van der Waals surface area contributed by atoms with Gasteiger partial charge in [-0.15, -0.1) is 0 Å². The van der Waals surface area contributed by atoms with Crippen LogP contribution >= 0.6 is 0 Å². The van der Waals surface area contributed by atoms with Crippen LogP contribution in [-0.2, 0) is 17.9 Å². The van der Waals surface area contributed by atoms with E-state index in [9.17, 15) is 4.21 Å². The van der Waals surface area contributed by atoms with E-state index in [1.807, 2.05) is 0 Å². The van der Waals surface area contributed by atoms with Crippen LogP contribution in [0.4, 0.5) is 5.69 Å². The lowest BCUT2D eigenvalue weighted by molar-refractivity contribution is 0.455. The molecule has 0 aliphatic rings. The summed E-state index contributed by atoms with van der Waals surface area (Å²) in [5.74, 6) is 0.320. The molecule has 0 saturated carbocycles. The van der Waals surface area contributed by atoms with Crippen molar-refractivity contribution in [3.8, 4) is 5.75 Å². The molecule has 0 spiro atoms. The number of nitrogens with two attached hydrogens (primary N) is 1. The van der Waals surface area contributed by atoms with E-state index in [1.54, 1.807) is 19.2 Å². The molecular weight excluding hydrogens is 204 g/mol. The van der Waals surface area contributed by atoms with Gasteiger partial charge in [-0.2, -0.15) is 4.21 Å². The van der Waals surface area contributed by atoms with Crippen LogP contribution in [0.15, 0.2) is 18.2 Å². The normalized spacial score (nSPS) is 12.4. The van der Waals surface area contributed by atoms with E-state index in [1.165, 1.54) is 6.07 Å². The maximum Gasteiger partial charge on any atom is 0.357 e. The lowest BCUT2D eigenvalue weighted by Crippen LogP contribution is -2.08. The predicted molar refractivity (Wildman–Crippen MR) is 55.0 cm³/mol. The molecule has 14 heavy (non-hydrogen) atoms. The predicted octanol–water partition coefficient (Wildman–Crippen LogP) is 0.504. The Hall–Kier alpha value is -1.11. The second kappa shape index (κ2) is 4.94. The highest BCUT2D eigenvalue weighted by Crippen LogP contribution is 2.22. The third kappa shape index (κ3) is 2.99. The molecule has 5 nitrogen and oxygen atoms in total. The molecule has 0 aliphatic carbocycles. The van der Waals surface area contributed by atoms with E-state index >= 15 is 0 Å². The van der Waals surface area contributed by atoms with Gasteiger partial charge in [-0.1, -0.05) is 6.07 Å². The largest absolute Gasteiger partial charge is 0.399 e. The summed E-state index contributed by atoms with van der Waals surface area (Å²) in [6, 6.07) is 4.97. The third-order valence-electron chi connectivity index (χ3n) is 1.62. The molecule has 0 bridgehead atoms. The van der Waals surface area contributed by atoms with Gasteiger partial charge in [0.05, 0.1) is 0 Å². The van der Waals surface area contributed by atoms with Crippen LogP contribution in [0.5, 0.6) is 5.75 Å². The zero-order valence-electron chi connectivity index (χ0n) is 7.69. The average molecular weight is 216 g/mol. The number of hydrogen-bond acceptors (Lipinski definition) is 4. The molecule has 4 N–H and O–H groups in total. The number of anilines is 1. The number of hydrogen-bond donors (Lipinski definition) is 3. The molecule has 1 aromatic carbocycles. The second-order valence-corrected chi connectivity index (χ2v) is 3.30. The minimum atomic E-state index is -2.32. The van der Waals surface area contributed by atoms with E-state index in [2.05, 4.69) is 9.50 Å². The zero-order valence-corrected chi connectivity index (χ0v) is 8.50. The molecule has 1 rings (SSSR count). The third-order valence-corrected chi connectivity index (χ3v) is 1.94. The summed E-state index contributed by atoms with van der Waals surface area (Å²) in [6.07, 6.45) is 0. The molecule has 0 radical (unpaired) electrons. The lowest BCUT2D eigenvalue weighted by Gasteiger charge is -2.08. The van der Waals surface area contributed by atoms with Gasteiger partial charge in [0.25, 0.3) is 0 Å². The fourth-order valence-corrected chi connectivity index (χ4v) is 1.37. The molecule has 0 aromatic heterocycles. The molecule has 0 saturated heterocycles. The fourth-order valence-electron chi connectivity index (χ4n) is 1.06. The standard InChI is InChI=1S/C8H12N2O3S/c1-10-5-6-2-3-7(9)4-8(6)13-14(11)12/h2-4,10H,5,9H2,1H3,(H,11,12). The van der Waals surface area contributed by atoms with Crippen molar-refractivity contribution in [1.29, 1.82) is 0 Å². The van der Waals surface area contributed by atoms with Crippen LogP contribution in [0.25, 0.3) is 0 Å². The molecule has 1 unspecified atom stereocenters. The Labute approximate surface area is 84.8 Å². The van der Waals surface area contributed by atoms with E-state index in [4.69, 9.17) is 10.3 Å². The summed E-state index contributed by atoms with van der Waals surface area (Å²) in [7, 11) is 1.77. The van der Waals surface area contributed by atoms with Gasteiger partial charge in [0, 0.05) is 23.9 Å². The molecule has 0 aliphatic heterocycles. The first-order chi connectivity index (χ1) is 6.63. The Kier molecular flexibility index (Phi) is 3.87. The molecule has 0 heterocycles. The highest BCUT2D eigenvalue weighted by molar-refractivity contribution is 7.74. The smallest absolute Gasteiger partial charge is 0.357 e. The number of rotatable bonds is 4. The Morgan fingerprint density at radius 2 is 2.36 bits per heavy atom. The van der Waals surface area contributed by atoms with Crippen molar-refractivity contribution < 1.29 is 12.9 Å². The minimum absolute atomic E-state index is 0.320. The molecule has 6 heteroatoms. The molecule has 0 amide bonds. The quantitative estimate of drug-likeness (QED) is 0.504. The maximum absolute atomic E-state index is 10.5. The zero-order chi connectivity index (χ0) is 10.6. The van der Waals surface area contributed by atoms with E-state index in [0.717, 1.165) is 5.56 Å².